The smallest absolute Gasteiger partial charge is 0.328 e. The van der Waals surface area contributed by atoms with E-state index in [1.165, 1.54) is 18.0 Å². The van der Waals surface area contributed by atoms with Gasteiger partial charge in [-0.3, -0.25) is 9.36 Å². The summed E-state index contributed by atoms with van der Waals surface area (Å²) < 4.78 is 11.4. The van der Waals surface area contributed by atoms with Gasteiger partial charge in [0.2, 0.25) is 5.58 Å². The van der Waals surface area contributed by atoms with Crippen LogP contribution in [0.1, 0.15) is 13.0 Å². The maximum Gasteiger partial charge on any atom is 0.328 e. The molecule has 0 amide bonds. The lowest BCUT2D eigenvalue weighted by atomic mass is 10.2. The van der Waals surface area contributed by atoms with Crippen LogP contribution in [-0.2, 0) is 9.53 Å². The minimum absolute atomic E-state index is 0.143. The van der Waals surface area contributed by atoms with Gasteiger partial charge in [0.25, 0.3) is 5.56 Å². The lowest BCUT2D eigenvalue weighted by molar-refractivity contribution is -0.144. The molecule has 1 unspecified atom stereocenters. The molecule has 2 heterocycles. The van der Waals surface area contributed by atoms with Gasteiger partial charge in [0.1, 0.15) is 17.1 Å². The highest BCUT2D eigenvalue weighted by Gasteiger charge is 2.20. The summed E-state index contributed by atoms with van der Waals surface area (Å²) in [6, 6.07) is 6.52. The zero-order valence-electron chi connectivity index (χ0n) is 11.0. The molecule has 0 aliphatic carbocycles. The number of ether oxygens (including phenoxy) is 1. The summed E-state index contributed by atoms with van der Waals surface area (Å²) in [7, 11) is 1.27. The molecule has 0 N–H and O–H groups in total. The van der Waals surface area contributed by atoms with E-state index in [0.717, 1.165) is 5.39 Å². The summed E-state index contributed by atoms with van der Waals surface area (Å²) in [5.74, 6) is -0.510. The highest BCUT2D eigenvalue weighted by molar-refractivity contribution is 6.01. The van der Waals surface area contributed by atoms with Gasteiger partial charge in [0.15, 0.2) is 0 Å². The Morgan fingerprint density at radius 1 is 1.40 bits per heavy atom. The van der Waals surface area contributed by atoms with Crippen LogP contribution in [0.2, 0.25) is 0 Å². The Labute approximate surface area is 113 Å². The number of esters is 1. The number of para-hydroxylation sites is 1. The number of hydrogen-bond acceptors (Lipinski definition) is 5. The van der Waals surface area contributed by atoms with E-state index in [0.29, 0.717) is 11.1 Å². The topological polar surface area (TPSA) is 74.3 Å². The molecular weight excluding hydrogens is 260 g/mol. The summed E-state index contributed by atoms with van der Waals surface area (Å²) in [4.78, 5) is 28.1. The molecule has 1 aromatic carbocycles. The maximum atomic E-state index is 12.4. The van der Waals surface area contributed by atoms with Crippen molar-refractivity contribution in [3.8, 4) is 0 Å². The first kappa shape index (κ1) is 12.4. The summed E-state index contributed by atoms with van der Waals surface area (Å²) >= 11 is 0. The van der Waals surface area contributed by atoms with Crippen LogP contribution in [0.25, 0.3) is 22.1 Å². The molecule has 0 fully saturated rings. The van der Waals surface area contributed by atoms with Gasteiger partial charge in [-0.2, -0.15) is 0 Å². The number of fused-ring (bicyclic) bond motifs is 3. The van der Waals surface area contributed by atoms with Gasteiger partial charge in [0, 0.05) is 5.39 Å². The van der Waals surface area contributed by atoms with Crippen molar-refractivity contribution in [1.82, 2.24) is 9.55 Å². The number of hydrogen-bond donors (Lipinski definition) is 0. The van der Waals surface area contributed by atoms with Crippen molar-refractivity contribution >= 4 is 28.0 Å². The summed E-state index contributed by atoms with van der Waals surface area (Å²) in [6.45, 7) is 1.57. The number of carbonyl (C=O) groups excluding carboxylic acids is 1. The molecule has 6 heteroatoms. The van der Waals surface area contributed by atoms with Crippen molar-refractivity contribution in [3.05, 3.63) is 40.9 Å². The minimum atomic E-state index is -0.752. The summed E-state index contributed by atoms with van der Waals surface area (Å²) in [6.07, 6.45) is 1.34. The quantitative estimate of drug-likeness (QED) is 0.666. The first-order chi connectivity index (χ1) is 9.63. The van der Waals surface area contributed by atoms with Crippen LogP contribution in [0, 0.1) is 0 Å². The van der Waals surface area contributed by atoms with E-state index in [2.05, 4.69) is 9.72 Å². The molecule has 1 atom stereocenters. The monoisotopic (exact) mass is 272 g/mol. The van der Waals surface area contributed by atoms with Crippen molar-refractivity contribution < 1.29 is 13.9 Å². The second kappa shape index (κ2) is 4.48. The van der Waals surface area contributed by atoms with E-state index in [1.807, 2.05) is 18.2 Å². The van der Waals surface area contributed by atoms with E-state index < -0.39 is 17.6 Å². The zero-order chi connectivity index (χ0) is 14.3. The molecule has 0 aliphatic heterocycles. The van der Waals surface area contributed by atoms with E-state index in [1.54, 1.807) is 13.0 Å². The van der Waals surface area contributed by atoms with Gasteiger partial charge in [-0.25, -0.2) is 9.78 Å². The number of benzene rings is 1. The summed E-state index contributed by atoms with van der Waals surface area (Å²) in [5, 5.41) is 0.775. The molecule has 3 rings (SSSR count). The van der Waals surface area contributed by atoms with Crippen LogP contribution in [0.15, 0.2) is 39.8 Å². The van der Waals surface area contributed by atoms with Gasteiger partial charge in [0.05, 0.1) is 13.4 Å². The van der Waals surface area contributed by atoms with Crippen LogP contribution >= 0.6 is 0 Å². The number of methoxy groups -OCH3 is 1. The normalized spacial score (nSPS) is 12.7. The molecule has 0 saturated carbocycles. The van der Waals surface area contributed by atoms with Gasteiger partial charge in [-0.05, 0) is 19.1 Å². The second-order valence-corrected chi connectivity index (χ2v) is 4.43. The van der Waals surface area contributed by atoms with Gasteiger partial charge < -0.3 is 9.15 Å². The highest BCUT2D eigenvalue weighted by atomic mass is 16.5. The lowest BCUT2D eigenvalue weighted by Gasteiger charge is -2.11. The Kier molecular flexibility index (Phi) is 2.78. The van der Waals surface area contributed by atoms with Gasteiger partial charge in [-0.15, -0.1) is 0 Å². The molecule has 20 heavy (non-hydrogen) atoms. The van der Waals surface area contributed by atoms with Crippen molar-refractivity contribution in [2.75, 3.05) is 7.11 Å². The van der Waals surface area contributed by atoms with Crippen molar-refractivity contribution in [2.24, 2.45) is 0 Å². The Hall–Kier alpha value is -2.63. The van der Waals surface area contributed by atoms with Crippen LogP contribution in [0.3, 0.4) is 0 Å². The van der Waals surface area contributed by atoms with E-state index >= 15 is 0 Å². The predicted octanol–water partition coefficient (Wildman–Crippen LogP) is 1.88. The first-order valence-electron chi connectivity index (χ1n) is 6.09. The van der Waals surface area contributed by atoms with E-state index in [-0.39, 0.29) is 5.58 Å². The minimum Gasteiger partial charge on any atom is -0.467 e. The molecule has 0 saturated heterocycles. The molecule has 0 spiro atoms. The zero-order valence-corrected chi connectivity index (χ0v) is 11.0. The van der Waals surface area contributed by atoms with Crippen molar-refractivity contribution in [2.45, 2.75) is 13.0 Å². The Morgan fingerprint density at radius 2 is 2.15 bits per heavy atom. The molecule has 102 valence electrons. The van der Waals surface area contributed by atoms with Crippen molar-refractivity contribution in [3.63, 3.8) is 0 Å². The van der Waals surface area contributed by atoms with Crippen LogP contribution in [0.4, 0.5) is 0 Å². The average molecular weight is 272 g/mol. The third kappa shape index (κ3) is 1.69. The average Bonchev–Trinajstić information content (AvgIpc) is 2.86. The number of nitrogens with zero attached hydrogens (tertiary/aromatic N) is 2. The Bertz CT molecular complexity index is 862. The van der Waals surface area contributed by atoms with E-state index in [9.17, 15) is 9.59 Å². The number of aromatic nitrogens is 2. The predicted molar refractivity (Wildman–Crippen MR) is 72.5 cm³/mol. The van der Waals surface area contributed by atoms with Crippen LogP contribution in [0.5, 0.6) is 0 Å². The molecule has 0 radical (unpaired) electrons. The van der Waals surface area contributed by atoms with Gasteiger partial charge in [-0.1, -0.05) is 12.1 Å². The van der Waals surface area contributed by atoms with Gasteiger partial charge >= 0.3 is 5.97 Å². The Balaban J connectivity index is 2.28. The molecule has 0 aliphatic rings. The molecule has 0 bridgehead atoms. The first-order valence-corrected chi connectivity index (χ1v) is 6.09. The lowest BCUT2D eigenvalue weighted by Crippen LogP contribution is -2.28. The SMILES string of the molecule is COC(=O)C(C)n1cnc2c(oc3ccccc32)c1=O. The van der Waals surface area contributed by atoms with Crippen LogP contribution < -0.4 is 5.56 Å². The standard InChI is InChI=1S/C14H12N2O4/c1-8(14(18)19-2)16-7-15-11-9-5-3-4-6-10(9)20-12(11)13(16)17/h3-8H,1-2H3. The van der Waals surface area contributed by atoms with Crippen LogP contribution in [-0.4, -0.2) is 22.6 Å². The van der Waals surface area contributed by atoms with Crippen molar-refractivity contribution in [1.29, 1.82) is 0 Å². The molecule has 6 nitrogen and oxygen atoms in total. The molecule has 3 aromatic rings. The van der Waals surface area contributed by atoms with E-state index in [4.69, 9.17) is 4.42 Å². The third-order valence-electron chi connectivity index (χ3n) is 3.27. The maximum absolute atomic E-state index is 12.4. The fourth-order valence-corrected chi connectivity index (χ4v) is 2.15. The largest absolute Gasteiger partial charge is 0.467 e. The highest BCUT2D eigenvalue weighted by Crippen LogP contribution is 2.24. The molecule has 2 aromatic heterocycles. The Morgan fingerprint density at radius 3 is 2.90 bits per heavy atom. The third-order valence-corrected chi connectivity index (χ3v) is 3.27. The molecular formula is C14H12N2O4. The fraction of sp³-hybridized carbons (Fsp3) is 0.214. The second-order valence-electron chi connectivity index (χ2n) is 4.43. The number of rotatable bonds is 2. The summed E-state index contributed by atoms with van der Waals surface area (Å²) in [5.41, 5.74) is 0.836. The number of furan rings is 1. The fourth-order valence-electron chi connectivity index (χ4n) is 2.15. The number of carbonyl (C=O) groups is 1.